The van der Waals surface area contributed by atoms with Crippen LogP contribution in [0.2, 0.25) is 5.02 Å². The predicted molar refractivity (Wildman–Crippen MR) is 96.6 cm³/mol. The van der Waals surface area contributed by atoms with E-state index in [0.717, 1.165) is 22.6 Å². The molecule has 4 nitrogen and oxygen atoms in total. The maximum Gasteiger partial charge on any atom is 0.275 e. The Bertz CT molecular complexity index is 687. The van der Waals surface area contributed by atoms with Crippen molar-refractivity contribution in [3.05, 3.63) is 64.4 Å². The molecule has 0 saturated heterocycles. The van der Waals surface area contributed by atoms with Gasteiger partial charge in [0.25, 0.3) is 5.91 Å². The van der Waals surface area contributed by atoms with Gasteiger partial charge in [-0.15, -0.1) is 0 Å². The molecule has 0 aliphatic heterocycles. The van der Waals surface area contributed by atoms with Crippen LogP contribution in [0.1, 0.15) is 11.1 Å². The number of carbonyl (C=O) groups is 1. The lowest BCUT2D eigenvalue weighted by atomic mass is 10.1. The van der Waals surface area contributed by atoms with Crippen molar-refractivity contribution in [2.75, 3.05) is 27.2 Å². The van der Waals surface area contributed by atoms with E-state index in [0.29, 0.717) is 23.7 Å². The van der Waals surface area contributed by atoms with Gasteiger partial charge in [-0.25, -0.2) is 4.39 Å². The van der Waals surface area contributed by atoms with Crippen LogP contribution in [-0.4, -0.2) is 33.2 Å². The van der Waals surface area contributed by atoms with Crippen LogP contribution in [0.4, 0.5) is 4.39 Å². The number of nitrogens with one attached hydrogen (secondary N) is 2. The minimum absolute atomic E-state index is 0.0709. The lowest BCUT2D eigenvalue weighted by Crippen LogP contribution is -3.09. The van der Waals surface area contributed by atoms with E-state index in [-0.39, 0.29) is 18.3 Å². The zero-order valence-corrected chi connectivity index (χ0v) is 15.2. The molecular formula is C19H23ClFN2O2+. The summed E-state index contributed by atoms with van der Waals surface area (Å²) in [5.41, 5.74) is 1.56. The highest BCUT2D eigenvalue weighted by molar-refractivity contribution is 6.31. The van der Waals surface area contributed by atoms with Gasteiger partial charge < -0.3 is 15.0 Å². The van der Waals surface area contributed by atoms with Gasteiger partial charge in [0, 0.05) is 6.54 Å². The van der Waals surface area contributed by atoms with Gasteiger partial charge in [0.1, 0.15) is 18.1 Å². The lowest BCUT2D eigenvalue weighted by molar-refractivity contribution is -0.885. The zero-order valence-electron chi connectivity index (χ0n) is 14.4. The summed E-state index contributed by atoms with van der Waals surface area (Å²) < 4.78 is 18.9. The van der Waals surface area contributed by atoms with Crippen LogP contribution in [0.3, 0.4) is 0 Å². The molecule has 2 aromatic rings. The van der Waals surface area contributed by atoms with Gasteiger partial charge in [0.15, 0.2) is 6.54 Å². The van der Waals surface area contributed by atoms with E-state index < -0.39 is 0 Å². The predicted octanol–water partition coefficient (Wildman–Crippen LogP) is 1.86. The molecule has 0 saturated carbocycles. The first-order chi connectivity index (χ1) is 12.0. The standard InChI is InChI=1S/C19H22ClFN2O2/c1-23(12-16-17(20)4-3-5-18(16)21)13-19(24)22-11-10-14-6-8-15(25-2)9-7-14/h3-9H,10-13H2,1-2H3,(H,22,24)/p+1. The Hall–Kier alpha value is -2.11. The number of quaternary nitrogens is 1. The highest BCUT2D eigenvalue weighted by Gasteiger charge is 2.15. The average molecular weight is 366 g/mol. The van der Waals surface area contributed by atoms with E-state index in [2.05, 4.69) is 5.32 Å². The molecule has 2 N–H and O–H groups in total. The fraction of sp³-hybridized carbons (Fsp3) is 0.316. The molecule has 0 bridgehead atoms. The molecule has 0 aromatic heterocycles. The second kappa shape index (κ2) is 9.39. The van der Waals surface area contributed by atoms with Crippen LogP contribution in [0.5, 0.6) is 5.75 Å². The van der Waals surface area contributed by atoms with Gasteiger partial charge in [-0.3, -0.25) is 4.79 Å². The van der Waals surface area contributed by atoms with E-state index in [1.807, 2.05) is 31.3 Å². The number of likely N-dealkylation sites (N-methyl/N-ethyl adjacent to an activating group) is 1. The van der Waals surface area contributed by atoms with E-state index >= 15 is 0 Å². The molecule has 6 heteroatoms. The molecule has 0 aliphatic carbocycles. The number of carbonyl (C=O) groups excluding carboxylic acids is 1. The number of methoxy groups -OCH3 is 1. The van der Waals surface area contributed by atoms with E-state index in [9.17, 15) is 9.18 Å². The van der Waals surface area contributed by atoms with Crippen molar-refractivity contribution in [1.82, 2.24) is 5.32 Å². The van der Waals surface area contributed by atoms with Crippen LogP contribution in [0.25, 0.3) is 0 Å². The van der Waals surface area contributed by atoms with Gasteiger partial charge >= 0.3 is 0 Å². The normalized spacial score (nSPS) is 11.8. The van der Waals surface area contributed by atoms with Crippen molar-refractivity contribution in [3.63, 3.8) is 0 Å². The molecule has 1 amide bonds. The first-order valence-corrected chi connectivity index (χ1v) is 8.51. The fourth-order valence-electron chi connectivity index (χ4n) is 2.54. The number of benzene rings is 2. The molecule has 1 unspecified atom stereocenters. The van der Waals surface area contributed by atoms with Crippen LogP contribution in [-0.2, 0) is 17.8 Å². The monoisotopic (exact) mass is 365 g/mol. The lowest BCUT2D eigenvalue weighted by Gasteiger charge is -2.15. The van der Waals surface area contributed by atoms with Crippen LogP contribution in [0, 0.1) is 5.82 Å². The molecule has 0 spiro atoms. The summed E-state index contributed by atoms with van der Waals surface area (Å²) in [4.78, 5) is 12.9. The fourth-order valence-corrected chi connectivity index (χ4v) is 2.77. The number of halogens is 2. The minimum atomic E-state index is -0.341. The third-order valence-corrected chi connectivity index (χ3v) is 4.25. The molecule has 134 valence electrons. The third kappa shape index (κ3) is 6.03. The van der Waals surface area contributed by atoms with Crippen molar-refractivity contribution < 1.29 is 18.8 Å². The maximum absolute atomic E-state index is 13.8. The highest BCUT2D eigenvalue weighted by Crippen LogP contribution is 2.17. The Labute approximate surface area is 152 Å². The van der Waals surface area contributed by atoms with E-state index in [4.69, 9.17) is 16.3 Å². The third-order valence-electron chi connectivity index (χ3n) is 3.90. The summed E-state index contributed by atoms with van der Waals surface area (Å²) in [5.74, 6) is 0.398. The first kappa shape index (κ1) is 19.2. The average Bonchev–Trinajstić information content (AvgIpc) is 2.59. The smallest absolute Gasteiger partial charge is 0.275 e. The summed E-state index contributed by atoms with van der Waals surface area (Å²) in [5, 5.41) is 3.28. The second-order valence-corrected chi connectivity index (χ2v) is 6.37. The summed E-state index contributed by atoms with van der Waals surface area (Å²) in [6.45, 7) is 1.17. The van der Waals surface area contributed by atoms with Crippen molar-refractivity contribution in [1.29, 1.82) is 0 Å². The number of amides is 1. The van der Waals surface area contributed by atoms with Crippen molar-refractivity contribution >= 4 is 17.5 Å². The topological polar surface area (TPSA) is 42.8 Å². The van der Waals surface area contributed by atoms with Gasteiger partial charge in [-0.2, -0.15) is 0 Å². The summed E-state index contributed by atoms with van der Waals surface area (Å²) in [6, 6.07) is 12.3. The number of ether oxygens (including phenoxy) is 1. The summed E-state index contributed by atoms with van der Waals surface area (Å²) in [6.07, 6.45) is 0.744. The Morgan fingerprint density at radius 1 is 1.24 bits per heavy atom. The van der Waals surface area contributed by atoms with Gasteiger partial charge in [0.05, 0.1) is 24.7 Å². The van der Waals surface area contributed by atoms with Crippen LogP contribution in [0.15, 0.2) is 42.5 Å². The minimum Gasteiger partial charge on any atom is -0.497 e. The molecule has 0 radical (unpaired) electrons. The molecule has 1 atom stereocenters. The highest BCUT2D eigenvalue weighted by atomic mass is 35.5. The second-order valence-electron chi connectivity index (χ2n) is 5.96. The van der Waals surface area contributed by atoms with Gasteiger partial charge in [-0.1, -0.05) is 29.8 Å². The van der Waals surface area contributed by atoms with Gasteiger partial charge in [0.2, 0.25) is 0 Å². The number of hydrogen-bond acceptors (Lipinski definition) is 2. The number of hydrogen-bond donors (Lipinski definition) is 2. The largest absolute Gasteiger partial charge is 0.497 e. The Balaban J connectivity index is 1.75. The Morgan fingerprint density at radius 3 is 2.60 bits per heavy atom. The molecular weight excluding hydrogens is 343 g/mol. The quantitative estimate of drug-likeness (QED) is 0.750. The SMILES string of the molecule is COc1ccc(CCNC(=O)C[NH+](C)Cc2c(F)cccc2Cl)cc1. The van der Waals surface area contributed by atoms with Crippen molar-refractivity contribution in [2.24, 2.45) is 0 Å². The zero-order chi connectivity index (χ0) is 18.2. The molecule has 0 heterocycles. The maximum atomic E-state index is 13.8. The van der Waals surface area contributed by atoms with Crippen LogP contribution < -0.4 is 15.0 Å². The number of rotatable bonds is 8. The Kier molecular flexibility index (Phi) is 7.22. The molecule has 0 aliphatic rings. The van der Waals surface area contributed by atoms with E-state index in [1.54, 1.807) is 19.2 Å². The van der Waals surface area contributed by atoms with Gasteiger partial charge in [-0.05, 0) is 36.2 Å². The summed E-state index contributed by atoms with van der Waals surface area (Å²) >= 11 is 6.02. The molecule has 25 heavy (non-hydrogen) atoms. The van der Waals surface area contributed by atoms with Crippen molar-refractivity contribution in [2.45, 2.75) is 13.0 Å². The Morgan fingerprint density at radius 2 is 1.96 bits per heavy atom. The van der Waals surface area contributed by atoms with E-state index in [1.165, 1.54) is 6.07 Å². The molecule has 0 fully saturated rings. The van der Waals surface area contributed by atoms with Crippen LogP contribution >= 0.6 is 11.6 Å². The summed E-state index contributed by atoms with van der Waals surface area (Å²) in [7, 11) is 3.47. The first-order valence-electron chi connectivity index (χ1n) is 8.13. The molecule has 2 rings (SSSR count). The van der Waals surface area contributed by atoms with Crippen molar-refractivity contribution in [3.8, 4) is 5.75 Å². The molecule has 2 aromatic carbocycles.